The summed E-state index contributed by atoms with van der Waals surface area (Å²) in [5.74, 6) is 0. The number of nitrogens with one attached hydrogen (secondary N) is 1. The summed E-state index contributed by atoms with van der Waals surface area (Å²) in [7, 11) is -3.44. The topological polar surface area (TPSA) is 84.2 Å². The Bertz CT molecular complexity index is 1100. The number of fused-ring (bicyclic) bond motifs is 1. The lowest BCUT2D eigenvalue weighted by Gasteiger charge is -2.44. The Kier molecular flexibility index (Phi) is 5.20. The molecule has 0 aliphatic rings. The van der Waals surface area contributed by atoms with Gasteiger partial charge in [-0.05, 0) is 50.1 Å². The van der Waals surface area contributed by atoms with Gasteiger partial charge in [-0.15, -0.1) is 0 Å². The number of benzene rings is 2. The van der Waals surface area contributed by atoms with Crippen molar-refractivity contribution in [2.45, 2.75) is 38.3 Å². The molecule has 0 saturated carbocycles. The zero-order valence-electron chi connectivity index (χ0n) is 16.3. The number of halogens is 1. The van der Waals surface area contributed by atoms with Crippen LogP contribution in [0.4, 0.5) is 5.69 Å². The summed E-state index contributed by atoms with van der Waals surface area (Å²) in [4.78, 5) is 0. The minimum Gasteiger partial charge on any atom is -0.388 e. The van der Waals surface area contributed by atoms with Gasteiger partial charge in [-0.25, -0.2) is 8.42 Å². The number of aromatic nitrogens is 2. The zero-order chi connectivity index (χ0) is 20.7. The van der Waals surface area contributed by atoms with Crippen LogP contribution in [0.5, 0.6) is 0 Å². The molecule has 3 aromatic rings. The van der Waals surface area contributed by atoms with Crippen molar-refractivity contribution in [3.8, 4) is 0 Å². The van der Waals surface area contributed by atoms with Crippen molar-refractivity contribution >= 4 is 38.2 Å². The second-order valence-electron chi connectivity index (χ2n) is 7.45. The predicted molar refractivity (Wildman–Crippen MR) is 113 cm³/mol. The molecule has 0 spiro atoms. The summed E-state index contributed by atoms with van der Waals surface area (Å²) in [5.41, 5.74) is -0.0354. The van der Waals surface area contributed by atoms with Crippen LogP contribution in [0.15, 0.2) is 48.7 Å². The van der Waals surface area contributed by atoms with E-state index in [2.05, 4.69) is 9.82 Å². The van der Waals surface area contributed by atoms with Gasteiger partial charge in [0, 0.05) is 10.4 Å². The van der Waals surface area contributed by atoms with E-state index in [-0.39, 0.29) is 0 Å². The summed E-state index contributed by atoms with van der Waals surface area (Å²) >= 11 is 6.07. The van der Waals surface area contributed by atoms with Crippen LogP contribution in [-0.4, -0.2) is 35.2 Å². The highest BCUT2D eigenvalue weighted by Gasteiger charge is 2.47. The van der Waals surface area contributed by atoms with Gasteiger partial charge in [-0.3, -0.25) is 9.40 Å². The molecule has 150 valence electrons. The van der Waals surface area contributed by atoms with E-state index in [0.717, 1.165) is 11.8 Å². The lowest BCUT2D eigenvalue weighted by molar-refractivity contribution is -0.0297. The first-order valence-corrected chi connectivity index (χ1v) is 11.2. The van der Waals surface area contributed by atoms with Crippen LogP contribution in [-0.2, 0) is 15.6 Å². The van der Waals surface area contributed by atoms with Gasteiger partial charge < -0.3 is 5.11 Å². The van der Waals surface area contributed by atoms with Gasteiger partial charge >= 0.3 is 0 Å². The van der Waals surface area contributed by atoms with E-state index in [1.165, 1.54) is 0 Å². The Hall–Kier alpha value is -2.09. The smallest absolute Gasteiger partial charge is 0.229 e. The molecular weight excluding hydrogens is 398 g/mol. The highest BCUT2D eigenvalue weighted by Crippen LogP contribution is 2.42. The van der Waals surface area contributed by atoms with Gasteiger partial charge in [-0.2, -0.15) is 5.10 Å². The van der Waals surface area contributed by atoms with Crippen LogP contribution >= 0.6 is 11.6 Å². The maximum absolute atomic E-state index is 11.7. The maximum Gasteiger partial charge on any atom is 0.229 e. The van der Waals surface area contributed by atoms with Crippen molar-refractivity contribution in [3.63, 3.8) is 0 Å². The third-order valence-corrected chi connectivity index (χ3v) is 5.96. The molecule has 0 bridgehead atoms. The number of anilines is 1. The summed E-state index contributed by atoms with van der Waals surface area (Å²) in [6.07, 6.45) is 3.28. The molecule has 8 heteroatoms. The molecular formula is C20H24ClN3O3S. The molecule has 0 radical (unpaired) electrons. The van der Waals surface area contributed by atoms with Gasteiger partial charge in [-0.1, -0.05) is 36.7 Å². The van der Waals surface area contributed by atoms with E-state index in [0.29, 0.717) is 28.0 Å². The van der Waals surface area contributed by atoms with Crippen LogP contribution in [0.2, 0.25) is 5.02 Å². The molecule has 2 aromatic carbocycles. The van der Waals surface area contributed by atoms with E-state index >= 15 is 0 Å². The quantitative estimate of drug-likeness (QED) is 0.630. The molecule has 1 heterocycles. The zero-order valence-corrected chi connectivity index (χ0v) is 17.8. The fourth-order valence-electron chi connectivity index (χ4n) is 3.89. The second kappa shape index (κ2) is 7.06. The average Bonchev–Trinajstić information content (AvgIpc) is 3.01. The van der Waals surface area contributed by atoms with Crippen molar-refractivity contribution < 1.29 is 13.5 Å². The first kappa shape index (κ1) is 20.6. The third kappa shape index (κ3) is 3.50. The summed E-state index contributed by atoms with van der Waals surface area (Å²) in [6, 6.07) is 12.7. The average molecular weight is 422 g/mol. The van der Waals surface area contributed by atoms with Crippen LogP contribution in [0.3, 0.4) is 0 Å². The standard InChI is InChI=1S/C20H24ClN3O3S/c1-5-20(19(2,3)25,14-9-11-15(21)12-10-14)24-18-8-6-7-17(16(18)13-22-24)23-28(4,26)27/h6-13,23,25H,5H2,1-4H3. The van der Waals surface area contributed by atoms with E-state index in [4.69, 9.17) is 11.6 Å². The molecule has 3 rings (SSSR count). The summed E-state index contributed by atoms with van der Waals surface area (Å²) in [6.45, 7) is 5.48. The fraction of sp³-hybridized carbons (Fsp3) is 0.350. The Morgan fingerprint density at radius 3 is 2.36 bits per heavy atom. The highest BCUT2D eigenvalue weighted by atomic mass is 35.5. The van der Waals surface area contributed by atoms with Gasteiger partial charge in [0.15, 0.2) is 0 Å². The minimum atomic E-state index is -3.44. The SMILES string of the molecule is CCC(c1ccc(Cl)cc1)(n1ncc2c(NS(C)(=O)=O)cccc21)C(C)(C)O. The van der Waals surface area contributed by atoms with Crippen LogP contribution < -0.4 is 4.72 Å². The van der Waals surface area contributed by atoms with Gasteiger partial charge in [0.25, 0.3) is 0 Å². The molecule has 0 aliphatic carbocycles. The molecule has 1 atom stereocenters. The first-order chi connectivity index (χ1) is 13.0. The molecule has 0 aliphatic heterocycles. The van der Waals surface area contributed by atoms with Crippen LogP contribution in [0.25, 0.3) is 10.9 Å². The van der Waals surface area contributed by atoms with E-state index in [1.807, 2.05) is 25.1 Å². The molecule has 0 fully saturated rings. The van der Waals surface area contributed by atoms with E-state index in [9.17, 15) is 13.5 Å². The normalized spacial score (nSPS) is 14.8. The van der Waals surface area contributed by atoms with Crippen LogP contribution in [0, 0.1) is 0 Å². The number of aliphatic hydroxyl groups is 1. The molecule has 1 aromatic heterocycles. The lowest BCUT2D eigenvalue weighted by atomic mass is 9.74. The van der Waals surface area contributed by atoms with Crippen molar-refractivity contribution in [1.82, 2.24) is 9.78 Å². The van der Waals surface area contributed by atoms with Crippen molar-refractivity contribution in [3.05, 3.63) is 59.2 Å². The fourth-order valence-corrected chi connectivity index (χ4v) is 4.59. The van der Waals surface area contributed by atoms with Crippen LogP contribution in [0.1, 0.15) is 32.8 Å². The lowest BCUT2D eigenvalue weighted by Crippen LogP contribution is -2.53. The summed E-state index contributed by atoms with van der Waals surface area (Å²) in [5, 5.41) is 17.1. The molecule has 28 heavy (non-hydrogen) atoms. The van der Waals surface area contributed by atoms with Gasteiger partial charge in [0.1, 0.15) is 5.54 Å². The number of hydrogen-bond acceptors (Lipinski definition) is 4. The predicted octanol–water partition coefficient (Wildman–Crippen LogP) is 3.99. The largest absolute Gasteiger partial charge is 0.388 e. The number of nitrogens with zero attached hydrogens (tertiary/aromatic N) is 2. The van der Waals surface area contributed by atoms with Crippen molar-refractivity contribution in [2.24, 2.45) is 0 Å². The second-order valence-corrected chi connectivity index (χ2v) is 9.63. The van der Waals surface area contributed by atoms with Gasteiger partial charge in [0.2, 0.25) is 10.0 Å². The number of sulfonamides is 1. The van der Waals surface area contributed by atoms with Gasteiger partial charge in [0.05, 0.1) is 29.3 Å². The Labute approximate surface area is 170 Å². The summed E-state index contributed by atoms with van der Waals surface area (Å²) < 4.78 is 27.8. The molecule has 0 saturated heterocycles. The maximum atomic E-state index is 11.7. The molecule has 0 amide bonds. The van der Waals surface area contributed by atoms with E-state index in [1.54, 1.807) is 49.0 Å². The highest BCUT2D eigenvalue weighted by molar-refractivity contribution is 7.92. The monoisotopic (exact) mass is 421 g/mol. The molecule has 2 N–H and O–H groups in total. The molecule has 6 nitrogen and oxygen atoms in total. The first-order valence-electron chi connectivity index (χ1n) is 8.93. The van der Waals surface area contributed by atoms with Crippen molar-refractivity contribution in [1.29, 1.82) is 0 Å². The number of hydrogen-bond donors (Lipinski definition) is 2. The van der Waals surface area contributed by atoms with E-state index < -0.39 is 21.2 Å². The Morgan fingerprint density at radius 2 is 1.82 bits per heavy atom. The van der Waals surface area contributed by atoms with Crippen molar-refractivity contribution in [2.75, 3.05) is 11.0 Å². The Balaban J connectivity index is 2.32. The minimum absolute atomic E-state index is 0.447. The Morgan fingerprint density at radius 1 is 1.18 bits per heavy atom. The third-order valence-electron chi connectivity index (χ3n) is 5.12. The molecule has 1 unspecified atom stereocenters. The number of rotatable bonds is 6.